The average Bonchev–Trinajstić information content (AvgIpc) is 3.64. The molecule has 4 aromatic carbocycles. The van der Waals surface area contributed by atoms with Crippen LogP contribution in [0.1, 0.15) is 57.3 Å². The van der Waals surface area contributed by atoms with Gasteiger partial charge in [0.1, 0.15) is 11.4 Å². The Labute approximate surface area is 224 Å². The second kappa shape index (κ2) is 11.3. The first-order valence-corrected chi connectivity index (χ1v) is 13.4. The van der Waals surface area contributed by atoms with Gasteiger partial charge in [-0.3, -0.25) is 0 Å². The van der Waals surface area contributed by atoms with Crippen LogP contribution >= 0.6 is 0 Å². The minimum Gasteiger partial charge on any atom is -0.158 e. The summed E-state index contributed by atoms with van der Waals surface area (Å²) in [7, 11) is 0. The van der Waals surface area contributed by atoms with Gasteiger partial charge in [0.25, 0.3) is 0 Å². The molecule has 0 saturated heterocycles. The van der Waals surface area contributed by atoms with Crippen molar-refractivity contribution in [3.63, 3.8) is 0 Å². The second-order valence-electron chi connectivity index (χ2n) is 9.88. The lowest BCUT2D eigenvalue weighted by molar-refractivity contribution is 0.912. The van der Waals surface area contributed by atoms with E-state index in [1.807, 2.05) is 73.1 Å². The molecular formula is C34H30N4. The number of rotatable bonds is 7. The highest BCUT2D eigenvalue weighted by atomic mass is 15.2. The third kappa shape index (κ3) is 5.45. The Morgan fingerprint density at radius 1 is 0.474 bits per heavy atom. The molecule has 4 nitrogen and oxygen atoms in total. The number of hydrogen-bond donors (Lipinski definition) is 0. The van der Waals surface area contributed by atoms with Gasteiger partial charge in [-0.2, -0.15) is 10.2 Å². The lowest BCUT2D eigenvalue weighted by Gasteiger charge is -2.08. The molecule has 38 heavy (non-hydrogen) atoms. The summed E-state index contributed by atoms with van der Waals surface area (Å²) in [6, 6.07) is 33.3. The fourth-order valence-corrected chi connectivity index (χ4v) is 5.33. The molecule has 0 radical (unpaired) electrons. The molecule has 4 heteroatoms. The SMILES string of the molecule is C(=N/N=C(\C(=N\N=C\c1ccc2c(c1)CCC2)c1ccccc1)c1ccccc1)/c1ccc2c(c1)CCC2. The molecule has 0 saturated carbocycles. The highest BCUT2D eigenvalue weighted by Crippen LogP contribution is 2.23. The molecule has 2 aliphatic carbocycles. The van der Waals surface area contributed by atoms with Crippen LogP contribution in [-0.4, -0.2) is 23.9 Å². The molecular weight excluding hydrogens is 464 g/mol. The largest absolute Gasteiger partial charge is 0.158 e. The molecule has 186 valence electrons. The fourth-order valence-electron chi connectivity index (χ4n) is 5.33. The molecule has 6 rings (SSSR count). The number of fused-ring (bicyclic) bond motifs is 2. The Balaban J connectivity index is 1.37. The van der Waals surface area contributed by atoms with Crippen molar-refractivity contribution in [2.24, 2.45) is 20.4 Å². The molecule has 0 heterocycles. The van der Waals surface area contributed by atoms with Crippen LogP contribution in [0.4, 0.5) is 0 Å². The average molecular weight is 495 g/mol. The van der Waals surface area contributed by atoms with Gasteiger partial charge in [-0.1, -0.05) is 84.9 Å². The summed E-state index contributed by atoms with van der Waals surface area (Å²) in [6.07, 6.45) is 10.8. The monoisotopic (exact) mass is 494 g/mol. The zero-order valence-electron chi connectivity index (χ0n) is 21.4. The molecule has 0 N–H and O–H groups in total. The molecule has 0 unspecified atom stereocenters. The van der Waals surface area contributed by atoms with Crippen molar-refractivity contribution in [3.05, 3.63) is 142 Å². The quantitative estimate of drug-likeness (QED) is 0.196. The van der Waals surface area contributed by atoms with E-state index in [9.17, 15) is 0 Å². The van der Waals surface area contributed by atoms with Gasteiger partial charge in [-0.25, -0.2) is 0 Å². The van der Waals surface area contributed by atoms with Crippen LogP contribution in [0.15, 0.2) is 117 Å². The number of aryl methyl sites for hydroxylation is 4. The summed E-state index contributed by atoms with van der Waals surface area (Å²) in [5.41, 5.74) is 11.1. The van der Waals surface area contributed by atoms with E-state index in [0.29, 0.717) is 11.4 Å². The van der Waals surface area contributed by atoms with E-state index in [2.05, 4.69) is 46.6 Å². The van der Waals surface area contributed by atoms with E-state index in [4.69, 9.17) is 10.2 Å². The van der Waals surface area contributed by atoms with E-state index in [0.717, 1.165) is 35.1 Å². The summed E-state index contributed by atoms with van der Waals surface area (Å²) in [6.45, 7) is 0. The van der Waals surface area contributed by atoms with Gasteiger partial charge >= 0.3 is 0 Å². The second-order valence-corrected chi connectivity index (χ2v) is 9.88. The summed E-state index contributed by atoms with van der Waals surface area (Å²) in [5, 5.41) is 18.5. The topological polar surface area (TPSA) is 49.4 Å². The van der Waals surface area contributed by atoms with Gasteiger partial charge in [-0.05, 0) is 84.0 Å². The molecule has 0 bridgehead atoms. The summed E-state index contributed by atoms with van der Waals surface area (Å²) < 4.78 is 0. The van der Waals surface area contributed by atoms with Crippen LogP contribution in [-0.2, 0) is 25.7 Å². The van der Waals surface area contributed by atoms with Crippen molar-refractivity contribution in [3.8, 4) is 0 Å². The van der Waals surface area contributed by atoms with Crippen molar-refractivity contribution in [1.29, 1.82) is 0 Å². The van der Waals surface area contributed by atoms with E-state index >= 15 is 0 Å². The maximum absolute atomic E-state index is 4.71. The normalized spacial score (nSPS) is 15.4. The van der Waals surface area contributed by atoms with Crippen molar-refractivity contribution in [1.82, 2.24) is 0 Å². The Hall–Kier alpha value is -4.44. The molecule has 0 amide bonds. The van der Waals surface area contributed by atoms with E-state index < -0.39 is 0 Å². The number of hydrogen-bond acceptors (Lipinski definition) is 4. The summed E-state index contributed by atoms with van der Waals surface area (Å²) >= 11 is 0. The molecule has 0 aliphatic heterocycles. The van der Waals surface area contributed by atoms with Crippen molar-refractivity contribution in [2.75, 3.05) is 0 Å². The van der Waals surface area contributed by atoms with Crippen LogP contribution in [0.25, 0.3) is 0 Å². The molecule has 2 aliphatic rings. The lowest BCUT2D eigenvalue weighted by atomic mass is 10.00. The predicted molar refractivity (Wildman–Crippen MR) is 158 cm³/mol. The number of benzene rings is 4. The maximum Gasteiger partial charge on any atom is 0.121 e. The smallest absolute Gasteiger partial charge is 0.121 e. The van der Waals surface area contributed by atoms with Gasteiger partial charge in [0.05, 0.1) is 12.4 Å². The summed E-state index contributed by atoms with van der Waals surface area (Å²) in [5.74, 6) is 0. The third-order valence-corrected chi connectivity index (χ3v) is 7.29. The lowest BCUT2D eigenvalue weighted by Crippen LogP contribution is -2.17. The van der Waals surface area contributed by atoms with Gasteiger partial charge in [-0.15, -0.1) is 10.2 Å². The third-order valence-electron chi connectivity index (χ3n) is 7.29. The first-order chi connectivity index (χ1) is 18.8. The van der Waals surface area contributed by atoms with Crippen molar-refractivity contribution < 1.29 is 0 Å². The minimum atomic E-state index is 0.681. The van der Waals surface area contributed by atoms with Crippen LogP contribution in [0.5, 0.6) is 0 Å². The Morgan fingerprint density at radius 3 is 1.34 bits per heavy atom. The Morgan fingerprint density at radius 2 is 0.895 bits per heavy atom. The Bertz CT molecular complexity index is 1430. The predicted octanol–water partition coefficient (Wildman–Crippen LogP) is 7.01. The van der Waals surface area contributed by atoms with Crippen LogP contribution in [0, 0.1) is 0 Å². The molecule has 0 aromatic heterocycles. The standard InChI is InChI=1S/C34H30N4/c1-3-9-29(10-4-1)33(37-35-23-25-17-19-27-13-7-15-31(27)21-25)34(30-11-5-2-6-12-30)38-36-24-26-18-20-28-14-8-16-32(28)22-26/h1-6,9-12,17-24H,7-8,13-16H2/b35-23-,36-24+,37-33-,38-34+. The van der Waals surface area contributed by atoms with Crippen LogP contribution in [0.2, 0.25) is 0 Å². The van der Waals surface area contributed by atoms with Crippen LogP contribution < -0.4 is 0 Å². The van der Waals surface area contributed by atoms with E-state index in [-0.39, 0.29) is 0 Å². The van der Waals surface area contributed by atoms with Gasteiger partial charge < -0.3 is 0 Å². The molecule has 0 spiro atoms. The molecule has 0 fully saturated rings. The molecule has 0 atom stereocenters. The minimum absolute atomic E-state index is 0.681. The molecule has 4 aromatic rings. The summed E-state index contributed by atoms with van der Waals surface area (Å²) in [4.78, 5) is 0. The first kappa shape index (κ1) is 23.9. The zero-order valence-corrected chi connectivity index (χ0v) is 21.4. The van der Waals surface area contributed by atoms with Gasteiger partial charge in [0.15, 0.2) is 0 Å². The van der Waals surface area contributed by atoms with Crippen LogP contribution in [0.3, 0.4) is 0 Å². The van der Waals surface area contributed by atoms with Gasteiger partial charge in [0.2, 0.25) is 0 Å². The van der Waals surface area contributed by atoms with Gasteiger partial charge in [0, 0.05) is 11.1 Å². The van der Waals surface area contributed by atoms with Crippen molar-refractivity contribution in [2.45, 2.75) is 38.5 Å². The zero-order chi connectivity index (χ0) is 25.6. The van der Waals surface area contributed by atoms with E-state index in [1.54, 1.807) is 0 Å². The Kier molecular flexibility index (Phi) is 7.12. The maximum atomic E-state index is 4.71. The van der Waals surface area contributed by atoms with Crippen molar-refractivity contribution >= 4 is 23.9 Å². The first-order valence-electron chi connectivity index (χ1n) is 13.4. The highest BCUT2D eigenvalue weighted by Gasteiger charge is 2.15. The van der Waals surface area contributed by atoms with E-state index in [1.165, 1.54) is 47.9 Å². The fraction of sp³-hybridized carbons (Fsp3) is 0.176. The highest BCUT2D eigenvalue weighted by molar-refractivity contribution is 6.53. The number of nitrogens with zero attached hydrogens (tertiary/aromatic N) is 4.